The van der Waals surface area contributed by atoms with Gasteiger partial charge in [-0.15, -0.1) is 0 Å². The van der Waals surface area contributed by atoms with Gasteiger partial charge in [0, 0.05) is 26.4 Å². The Labute approximate surface area is 125 Å². The third kappa shape index (κ3) is 1590. The maximum Gasteiger partial charge on any atom is 2.00 e. The van der Waals surface area contributed by atoms with Crippen molar-refractivity contribution in [2.75, 3.05) is 26.4 Å². The molecule has 0 fully saturated rings. The van der Waals surface area contributed by atoms with Crippen molar-refractivity contribution >= 4 is 0 Å². The average molecular weight is 346 g/mol. The first kappa shape index (κ1) is 44.1. The summed E-state index contributed by atoms with van der Waals surface area (Å²) in [6, 6.07) is 0. The Hall–Kier alpha value is 1.30. The minimum atomic E-state index is 0. The summed E-state index contributed by atoms with van der Waals surface area (Å²) in [5.41, 5.74) is 0. The van der Waals surface area contributed by atoms with Crippen LogP contribution in [0.5, 0.6) is 0 Å². The van der Waals surface area contributed by atoms with Crippen LogP contribution < -0.4 is 24.8 Å². The van der Waals surface area contributed by atoms with Gasteiger partial charge in [0.1, 0.15) is 0 Å². The van der Waals surface area contributed by atoms with E-state index in [0.717, 1.165) is 0 Å². The Bertz CT molecular complexity index is 32.6. The van der Waals surface area contributed by atoms with Crippen LogP contribution >= 0.6 is 0 Å². The molecule has 7 heteroatoms. The molecule has 0 unspecified atom stereocenters. The molecule has 15 heavy (non-hydrogen) atoms. The van der Waals surface area contributed by atoms with Crippen molar-refractivity contribution in [2.45, 2.75) is 27.7 Å². The van der Waals surface area contributed by atoms with E-state index in [2.05, 4.69) is 0 Å². The van der Waals surface area contributed by atoms with Crippen LogP contribution in [0.25, 0.3) is 0 Å². The molecule has 0 bridgehead atoms. The van der Waals surface area contributed by atoms with Crippen LogP contribution in [0.3, 0.4) is 0 Å². The molecule has 0 rings (SSSR count). The van der Waals surface area contributed by atoms with Gasteiger partial charge in [0.25, 0.3) is 0 Å². The maximum absolute atomic E-state index is 7.57. The molecule has 0 atom stereocenters. The van der Waals surface area contributed by atoms with E-state index in [1.165, 1.54) is 0 Å². The summed E-state index contributed by atoms with van der Waals surface area (Å²) in [4.78, 5) is 0. The fraction of sp³-hybridized carbons (Fsp3) is 1.00. The standard InChI is InChI=1S/4C2H6O.2ClH.Zr/c4*1-2-3;;;/h4*3H,2H2,1H3;2*1H;/q;;;;;;+2/p-2. The molecule has 0 aromatic heterocycles. The molecule has 0 radical (unpaired) electrons. The molecule has 0 aromatic carbocycles. The Morgan fingerprint density at radius 1 is 0.533 bits per heavy atom. The fourth-order valence-corrected chi connectivity index (χ4v) is 0. The van der Waals surface area contributed by atoms with Gasteiger partial charge < -0.3 is 45.2 Å². The number of hydrogen-bond donors (Lipinski definition) is 4. The van der Waals surface area contributed by atoms with E-state index in [-0.39, 0.29) is 77.4 Å². The summed E-state index contributed by atoms with van der Waals surface area (Å²) in [6.07, 6.45) is 0. The van der Waals surface area contributed by atoms with E-state index in [9.17, 15) is 0 Å². The second kappa shape index (κ2) is 111. The predicted octanol–water partition coefficient (Wildman–Crippen LogP) is -6.00. The zero-order valence-electron chi connectivity index (χ0n) is 9.87. The summed E-state index contributed by atoms with van der Waals surface area (Å²) in [5, 5.41) is 30.3. The smallest absolute Gasteiger partial charge is 1.00 e. The minimum absolute atomic E-state index is 0. The number of halogens is 2. The topological polar surface area (TPSA) is 80.9 Å². The Morgan fingerprint density at radius 2 is 0.533 bits per heavy atom. The number of aliphatic hydroxyl groups is 4. The van der Waals surface area contributed by atoms with E-state index in [1.807, 2.05) is 0 Å². The summed E-state index contributed by atoms with van der Waals surface area (Å²) < 4.78 is 0. The predicted molar refractivity (Wildman–Crippen MR) is 51.0 cm³/mol. The Balaban J connectivity index is -0.0000000107. The zero-order valence-corrected chi connectivity index (χ0v) is 13.8. The molecule has 4 N–H and O–H groups in total. The molecule has 0 aliphatic carbocycles. The van der Waals surface area contributed by atoms with E-state index >= 15 is 0 Å². The number of hydrogen-bond acceptors (Lipinski definition) is 4. The van der Waals surface area contributed by atoms with Gasteiger partial charge in [-0.3, -0.25) is 0 Å². The van der Waals surface area contributed by atoms with Gasteiger partial charge in [0.05, 0.1) is 0 Å². The molecule has 4 nitrogen and oxygen atoms in total. The van der Waals surface area contributed by atoms with Crippen molar-refractivity contribution in [1.82, 2.24) is 0 Å². The first-order valence-electron chi connectivity index (χ1n) is 4.09. The second-order valence-electron chi connectivity index (χ2n) is 1.26. The summed E-state index contributed by atoms with van der Waals surface area (Å²) >= 11 is 0. The van der Waals surface area contributed by atoms with Crippen LogP contribution in [0.4, 0.5) is 0 Å². The molecule has 0 amide bonds. The molecule has 0 aromatic rings. The quantitative estimate of drug-likeness (QED) is 0.352. The average Bonchev–Trinajstić information content (AvgIpc) is 1.92. The summed E-state index contributed by atoms with van der Waals surface area (Å²) in [5.74, 6) is 0. The second-order valence-corrected chi connectivity index (χ2v) is 1.26. The normalized spacial score (nSPS) is 4.80. The first-order chi connectivity index (χ1) is 5.66. The van der Waals surface area contributed by atoms with Crippen LogP contribution in [0, 0.1) is 0 Å². The molecule has 98 valence electrons. The summed E-state index contributed by atoms with van der Waals surface area (Å²) in [6.45, 7) is 7.72. The van der Waals surface area contributed by atoms with Gasteiger partial charge in [0.15, 0.2) is 0 Å². The number of rotatable bonds is 0. The molecule has 0 aliphatic heterocycles. The monoisotopic (exact) mass is 344 g/mol. The van der Waals surface area contributed by atoms with E-state index in [0.29, 0.717) is 0 Å². The van der Waals surface area contributed by atoms with E-state index in [4.69, 9.17) is 20.4 Å². The van der Waals surface area contributed by atoms with E-state index < -0.39 is 0 Å². The largest absolute Gasteiger partial charge is 2.00 e. The van der Waals surface area contributed by atoms with Gasteiger partial charge in [-0.05, 0) is 27.7 Å². The van der Waals surface area contributed by atoms with Gasteiger partial charge in [-0.25, -0.2) is 0 Å². The SMILES string of the molecule is CCO.CCO.CCO.CCO.[Cl-].[Cl-].[Zr+2]. The molecule has 0 spiro atoms. The van der Waals surface area contributed by atoms with Gasteiger partial charge >= 0.3 is 26.2 Å². The van der Waals surface area contributed by atoms with Crippen molar-refractivity contribution < 1.29 is 71.4 Å². The zero-order chi connectivity index (χ0) is 10.8. The van der Waals surface area contributed by atoms with Crippen molar-refractivity contribution in [3.63, 3.8) is 0 Å². The Kier molecular flexibility index (Phi) is 327. The van der Waals surface area contributed by atoms with Crippen molar-refractivity contribution in [2.24, 2.45) is 0 Å². The van der Waals surface area contributed by atoms with Crippen molar-refractivity contribution in [1.29, 1.82) is 0 Å². The van der Waals surface area contributed by atoms with Gasteiger partial charge in [0.2, 0.25) is 0 Å². The van der Waals surface area contributed by atoms with Gasteiger partial charge in [-0.2, -0.15) is 0 Å². The van der Waals surface area contributed by atoms with Crippen molar-refractivity contribution in [3.05, 3.63) is 0 Å². The van der Waals surface area contributed by atoms with Crippen LogP contribution in [0.1, 0.15) is 27.7 Å². The van der Waals surface area contributed by atoms with Crippen LogP contribution in [-0.4, -0.2) is 46.9 Å². The summed E-state index contributed by atoms with van der Waals surface area (Å²) in [7, 11) is 0. The third-order valence-corrected chi connectivity index (χ3v) is 0. The molecular weight excluding hydrogens is 322 g/mol. The molecule has 0 heterocycles. The number of aliphatic hydroxyl groups excluding tert-OH is 4. The molecule has 0 saturated heterocycles. The van der Waals surface area contributed by atoms with Crippen LogP contribution in [0.2, 0.25) is 0 Å². The van der Waals surface area contributed by atoms with Crippen molar-refractivity contribution in [3.8, 4) is 0 Å². The maximum atomic E-state index is 7.57. The van der Waals surface area contributed by atoms with Crippen LogP contribution in [0.15, 0.2) is 0 Å². The van der Waals surface area contributed by atoms with Gasteiger partial charge in [-0.1, -0.05) is 0 Å². The third-order valence-electron chi connectivity index (χ3n) is 0. The Morgan fingerprint density at radius 3 is 0.533 bits per heavy atom. The minimum Gasteiger partial charge on any atom is -1.00 e. The molecule has 0 aliphatic rings. The fourth-order valence-electron chi connectivity index (χ4n) is 0. The van der Waals surface area contributed by atoms with E-state index in [1.54, 1.807) is 27.7 Å². The molecular formula is C8H24Cl2O4Zr. The molecule has 0 saturated carbocycles. The first-order valence-corrected chi connectivity index (χ1v) is 4.09. The van der Waals surface area contributed by atoms with Crippen LogP contribution in [-0.2, 0) is 26.2 Å².